The molecule has 1 amide bonds. The molecule has 0 radical (unpaired) electrons. The fourth-order valence-corrected chi connectivity index (χ4v) is 1.93. The van der Waals surface area contributed by atoms with Gasteiger partial charge in [-0.3, -0.25) is 4.79 Å². The summed E-state index contributed by atoms with van der Waals surface area (Å²) < 4.78 is 43.2. The molecule has 2 N–H and O–H groups in total. The highest BCUT2D eigenvalue weighted by molar-refractivity contribution is 7.11. The van der Waals surface area contributed by atoms with Crippen molar-refractivity contribution in [1.29, 1.82) is 0 Å². The van der Waals surface area contributed by atoms with Crippen molar-refractivity contribution < 1.29 is 32.6 Å². The molecule has 0 atom stereocenters. The number of nitrogens with zero attached hydrogens (tertiary/aromatic N) is 1. The molecule has 1 heterocycles. The van der Waals surface area contributed by atoms with E-state index in [1.165, 1.54) is 6.92 Å². The molecule has 6 nitrogen and oxygen atoms in total. The lowest BCUT2D eigenvalue weighted by Crippen LogP contribution is -2.24. The van der Waals surface area contributed by atoms with Crippen molar-refractivity contribution in [3.8, 4) is 0 Å². The van der Waals surface area contributed by atoms with Gasteiger partial charge in [0.2, 0.25) is 0 Å². The Labute approximate surface area is 109 Å². The number of amides is 1. The molecule has 0 fully saturated rings. The molecule has 0 unspecified atom stereocenters. The molecule has 19 heavy (non-hydrogen) atoms. The number of rotatable bonds is 5. The van der Waals surface area contributed by atoms with Gasteiger partial charge in [-0.1, -0.05) is 0 Å². The third kappa shape index (κ3) is 4.83. The Morgan fingerprint density at radius 3 is 2.63 bits per heavy atom. The van der Waals surface area contributed by atoms with E-state index in [9.17, 15) is 22.8 Å². The topological polar surface area (TPSA) is 88.5 Å². The SMILES string of the molecule is Cc1nsc(NC(=O)COCC(F)(F)F)c1C(=O)O. The van der Waals surface area contributed by atoms with E-state index in [-0.39, 0.29) is 16.3 Å². The summed E-state index contributed by atoms with van der Waals surface area (Å²) >= 11 is 0.731. The zero-order valence-electron chi connectivity index (χ0n) is 9.58. The quantitative estimate of drug-likeness (QED) is 0.863. The monoisotopic (exact) mass is 298 g/mol. The number of ether oxygens (including phenoxy) is 1. The lowest BCUT2D eigenvalue weighted by molar-refractivity contribution is -0.174. The number of aromatic nitrogens is 1. The number of carbonyl (C=O) groups excluding carboxylic acids is 1. The van der Waals surface area contributed by atoms with Crippen molar-refractivity contribution in [1.82, 2.24) is 4.37 Å². The third-order valence-electron chi connectivity index (χ3n) is 1.83. The molecule has 0 saturated carbocycles. The third-order valence-corrected chi connectivity index (χ3v) is 2.68. The molecule has 1 rings (SSSR count). The smallest absolute Gasteiger partial charge is 0.411 e. The number of carbonyl (C=O) groups is 2. The number of carboxylic acids is 1. The minimum absolute atomic E-state index is 0.0365. The maximum Gasteiger partial charge on any atom is 0.411 e. The van der Waals surface area contributed by atoms with Gasteiger partial charge >= 0.3 is 12.1 Å². The van der Waals surface area contributed by atoms with Crippen LogP contribution in [0.15, 0.2) is 0 Å². The largest absolute Gasteiger partial charge is 0.478 e. The normalized spacial score (nSPS) is 11.4. The van der Waals surface area contributed by atoms with E-state index in [1.807, 2.05) is 0 Å². The number of hydrogen-bond acceptors (Lipinski definition) is 5. The van der Waals surface area contributed by atoms with E-state index in [2.05, 4.69) is 14.4 Å². The predicted octanol–water partition coefficient (Wildman–Crippen LogP) is 1.67. The van der Waals surface area contributed by atoms with Crippen molar-refractivity contribution in [2.45, 2.75) is 13.1 Å². The van der Waals surface area contributed by atoms with E-state index in [0.717, 1.165) is 11.5 Å². The van der Waals surface area contributed by atoms with E-state index < -0.39 is 31.3 Å². The van der Waals surface area contributed by atoms with Crippen LogP contribution in [0.2, 0.25) is 0 Å². The molecule has 0 spiro atoms. The van der Waals surface area contributed by atoms with Crippen LogP contribution in [0.25, 0.3) is 0 Å². The van der Waals surface area contributed by atoms with Crippen LogP contribution in [0.4, 0.5) is 18.2 Å². The summed E-state index contributed by atoms with van der Waals surface area (Å²) in [5.41, 5.74) is 0.0261. The van der Waals surface area contributed by atoms with E-state index >= 15 is 0 Å². The first-order valence-electron chi connectivity index (χ1n) is 4.84. The molecule has 0 aromatic carbocycles. The van der Waals surface area contributed by atoms with E-state index in [4.69, 9.17) is 5.11 Å². The maximum absolute atomic E-state index is 11.8. The summed E-state index contributed by atoms with van der Waals surface area (Å²) in [5.74, 6) is -2.16. The zero-order valence-corrected chi connectivity index (χ0v) is 10.4. The summed E-state index contributed by atoms with van der Waals surface area (Å²) in [7, 11) is 0. The highest BCUT2D eigenvalue weighted by atomic mass is 32.1. The Balaban J connectivity index is 2.56. The summed E-state index contributed by atoms with van der Waals surface area (Å²) in [4.78, 5) is 22.1. The summed E-state index contributed by atoms with van der Waals surface area (Å²) in [6, 6.07) is 0. The molecule has 1 aromatic heterocycles. The molecular weight excluding hydrogens is 289 g/mol. The Morgan fingerprint density at radius 1 is 1.47 bits per heavy atom. The van der Waals surface area contributed by atoms with Crippen molar-refractivity contribution in [2.24, 2.45) is 0 Å². The molecule has 0 aliphatic carbocycles. The van der Waals surface area contributed by atoms with Crippen LogP contribution in [0.3, 0.4) is 0 Å². The Bertz CT molecular complexity index is 486. The number of carboxylic acid groups (broad SMARTS) is 1. The van der Waals surface area contributed by atoms with Crippen LogP contribution in [-0.4, -0.2) is 40.7 Å². The molecule has 0 aliphatic heterocycles. The van der Waals surface area contributed by atoms with Gasteiger partial charge in [-0.2, -0.15) is 17.5 Å². The number of alkyl halides is 3. The lowest BCUT2D eigenvalue weighted by atomic mass is 10.2. The number of hydrogen-bond donors (Lipinski definition) is 2. The number of nitrogens with one attached hydrogen (secondary N) is 1. The summed E-state index contributed by atoms with van der Waals surface area (Å²) in [6.45, 7) is -0.931. The molecule has 0 aliphatic rings. The molecule has 10 heteroatoms. The first-order chi connectivity index (χ1) is 8.70. The molecule has 0 saturated heterocycles. The van der Waals surface area contributed by atoms with Gasteiger partial charge in [0.15, 0.2) is 0 Å². The minimum Gasteiger partial charge on any atom is -0.478 e. The summed E-state index contributed by atoms with van der Waals surface area (Å²) in [5, 5.41) is 11.0. The van der Waals surface area contributed by atoms with Gasteiger partial charge in [-0.05, 0) is 18.5 Å². The fourth-order valence-electron chi connectivity index (χ4n) is 1.13. The Morgan fingerprint density at radius 2 is 2.11 bits per heavy atom. The van der Waals surface area contributed by atoms with Gasteiger partial charge in [0.1, 0.15) is 23.8 Å². The number of aryl methyl sites for hydroxylation is 1. The van der Waals surface area contributed by atoms with Crippen LogP contribution in [-0.2, 0) is 9.53 Å². The molecule has 106 valence electrons. The average molecular weight is 298 g/mol. The number of halogens is 3. The van der Waals surface area contributed by atoms with Gasteiger partial charge in [0.25, 0.3) is 5.91 Å². The molecular formula is C9H9F3N2O4S. The predicted molar refractivity (Wildman–Crippen MR) is 59.3 cm³/mol. The van der Waals surface area contributed by atoms with Crippen molar-refractivity contribution in [3.63, 3.8) is 0 Å². The van der Waals surface area contributed by atoms with Gasteiger partial charge in [0, 0.05) is 0 Å². The molecule has 0 bridgehead atoms. The minimum atomic E-state index is -4.52. The zero-order chi connectivity index (χ0) is 14.6. The van der Waals surface area contributed by atoms with Gasteiger partial charge in [-0.15, -0.1) is 0 Å². The van der Waals surface area contributed by atoms with Crippen LogP contribution in [0.1, 0.15) is 16.1 Å². The molecule has 1 aromatic rings. The standard InChI is InChI=1S/C9H9F3N2O4S/c1-4-6(8(16)17)7(19-14-4)13-5(15)2-18-3-9(10,11)12/h2-3H2,1H3,(H,13,15)(H,16,17). The van der Waals surface area contributed by atoms with Gasteiger partial charge in [0.05, 0.1) is 5.69 Å². The van der Waals surface area contributed by atoms with Gasteiger partial charge < -0.3 is 15.2 Å². The van der Waals surface area contributed by atoms with E-state index in [0.29, 0.717) is 0 Å². The first-order valence-corrected chi connectivity index (χ1v) is 5.62. The number of anilines is 1. The highest BCUT2D eigenvalue weighted by Crippen LogP contribution is 2.24. The second-order valence-electron chi connectivity index (χ2n) is 3.43. The van der Waals surface area contributed by atoms with Crippen LogP contribution < -0.4 is 5.32 Å². The van der Waals surface area contributed by atoms with Gasteiger partial charge in [-0.25, -0.2) is 4.79 Å². The van der Waals surface area contributed by atoms with Crippen LogP contribution in [0, 0.1) is 6.92 Å². The van der Waals surface area contributed by atoms with Crippen LogP contribution in [0.5, 0.6) is 0 Å². The van der Waals surface area contributed by atoms with Crippen molar-refractivity contribution in [2.75, 3.05) is 18.5 Å². The Hall–Kier alpha value is -1.68. The van der Waals surface area contributed by atoms with Crippen molar-refractivity contribution >= 4 is 28.4 Å². The maximum atomic E-state index is 11.8. The Kier molecular flexibility index (Phi) is 4.84. The fraction of sp³-hybridized carbons (Fsp3) is 0.444. The van der Waals surface area contributed by atoms with Crippen LogP contribution >= 0.6 is 11.5 Å². The first kappa shape index (κ1) is 15.4. The van der Waals surface area contributed by atoms with Crippen molar-refractivity contribution in [3.05, 3.63) is 11.3 Å². The average Bonchev–Trinajstić information content (AvgIpc) is 2.57. The highest BCUT2D eigenvalue weighted by Gasteiger charge is 2.28. The second-order valence-corrected chi connectivity index (χ2v) is 4.21. The summed E-state index contributed by atoms with van der Waals surface area (Å²) in [6.07, 6.45) is -4.52. The number of aromatic carboxylic acids is 1. The second kappa shape index (κ2) is 5.97. The lowest BCUT2D eigenvalue weighted by Gasteiger charge is -2.07. The van der Waals surface area contributed by atoms with E-state index in [1.54, 1.807) is 0 Å².